The van der Waals surface area contributed by atoms with Crippen molar-refractivity contribution in [3.63, 3.8) is 0 Å². The van der Waals surface area contributed by atoms with Crippen LogP contribution in [0.4, 0.5) is 5.69 Å². The van der Waals surface area contributed by atoms with Gasteiger partial charge >= 0.3 is 0 Å². The summed E-state index contributed by atoms with van der Waals surface area (Å²) in [6.45, 7) is 6.96. The lowest BCUT2D eigenvalue weighted by molar-refractivity contribution is -0.122. The van der Waals surface area contributed by atoms with Crippen molar-refractivity contribution in [1.29, 1.82) is 0 Å². The van der Waals surface area contributed by atoms with Crippen LogP contribution in [0.3, 0.4) is 0 Å². The molecular formula is C17H23N3O2S. The van der Waals surface area contributed by atoms with Crippen molar-refractivity contribution in [2.24, 2.45) is 10.9 Å². The lowest BCUT2D eigenvalue weighted by atomic mass is 10.1. The molecule has 1 saturated heterocycles. The molecule has 1 aliphatic heterocycles. The Hall–Kier alpha value is -1.82. The molecule has 0 aromatic heterocycles. The first-order valence-corrected chi connectivity index (χ1v) is 8.70. The summed E-state index contributed by atoms with van der Waals surface area (Å²) in [7, 11) is 0. The number of carbonyl (C=O) groups is 2. The molecule has 2 N–H and O–H groups in total. The number of nitrogens with zero attached hydrogens (tertiary/aromatic N) is 1. The fraction of sp³-hybridized carbons (Fsp3) is 0.471. The Morgan fingerprint density at radius 2 is 2.04 bits per heavy atom. The summed E-state index contributed by atoms with van der Waals surface area (Å²) in [5.74, 6) is 0.278. The highest BCUT2D eigenvalue weighted by atomic mass is 32.2. The van der Waals surface area contributed by atoms with Gasteiger partial charge in [0.05, 0.1) is 0 Å². The zero-order chi connectivity index (χ0) is 16.8. The highest BCUT2D eigenvalue weighted by Crippen LogP contribution is 2.23. The van der Waals surface area contributed by atoms with Crippen LogP contribution in [-0.4, -0.2) is 28.8 Å². The van der Waals surface area contributed by atoms with E-state index in [0.717, 1.165) is 17.7 Å². The van der Waals surface area contributed by atoms with Crippen molar-refractivity contribution in [3.8, 4) is 0 Å². The maximum Gasteiger partial charge on any atom is 0.240 e. The van der Waals surface area contributed by atoms with Gasteiger partial charge in [-0.2, -0.15) is 0 Å². The summed E-state index contributed by atoms with van der Waals surface area (Å²) >= 11 is 1.34. The third kappa shape index (κ3) is 5.71. The van der Waals surface area contributed by atoms with Gasteiger partial charge in [0.15, 0.2) is 5.17 Å². The maximum absolute atomic E-state index is 12.1. The van der Waals surface area contributed by atoms with Gasteiger partial charge < -0.3 is 10.6 Å². The second-order valence-electron chi connectivity index (χ2n) is 6.08. The van der Waals surface area contributed by atoms with Crippen LogP contribution in [0.5, 0.6) is 0 Å². The molecule has 0 saturated carbocycles. The minimum atomic E-state index is -0.404. The molecule has 0 radical (unpaired) electrons. The van der Waals surface area contributed by atoms with Crippen molar-refractivity contribution in [1.82, 2.24) is 5.32 Å². The maximum atomic E-state index is 12.1. The average molecular weight is 333 g/mol. The van der Waals surface area contributed by atoms with Gasteiger partial charge in [0, 0.05) is 18.7 Å². The average Bonchev–Trinajstić information content (AvgIpc) is 2.81. The topological polar surface area (TPSA) is 70.6 Å². The van der Waals surface area contributed by atoms with Crippen molar-refractivity contribution in [2.75, 3.05) is 11.9 Å². The molecule has 1 heterocycles. The molecule has 1 aliphatic rings. The van der Waals surface area contributed by atoms with Gasteiger partial charge in [-0.05, 0) is 31.4 Å². The Morgan fingerprint density at radius 3 is 2.70 bits per heavy atom. The molecule has 0 aliphatic carbocycles. The molecule has 0 bridgehead atoms. The highest BCUT2D eigenvalue weighted by Gasteiger charge is 2.31. The van der Waals surface area contributed by atoms with Gasteiger partial charge in [0.25, 0.3) is 0 Å². The van der Waals surface area contributed by atoms with Gasteiger partial charge in [-0.3, -0.25) is 14.6 Å². The lowest BCUT2D eigenvalue weighted by Gasteiger charge is -2.07. The minimum Gasteiger partial charge on any atom is -0.326 e. The predicted molar refractivity (Wildman–Crippen MR) is 95.7 cm³/mol. The van der Waals surface area contributed by atoms with E-state index in [1.807, 2.05) is 31.2 Å². The van der Waals surface area contributed by atoms with Crippen molar-refractivity contribution < 1.29 is 9.59 Å². The number of hydrogen-bond donors (Lipinski definition) is 2. The molecule has 6 heteroatoms. The first-order chi connectivity index (χ1) is 10.9. The first kappa shape index (κ1) is 17.5. The number of rotatable bonds is 6. The van der Waals surface area contributed by atoms with Gasteiger partial charge in [-0.25, -0.2) is 0 Å². The Balaban J connectivity index is 1.84. The van der Waals surface area contributed by atoms with Crippen molar-refractivity contribution >= 4 is 34.4 Å². The Morgan fingerprint density at radius 1 is 1.35 bits per heavy atom. The number of aryl methyl sites for hydroxylation is 1. The lowest BCUT2D eigenvalue weighted by Crippen LogP contribution is -2.28. The van der Waals surface area contributed by atoms with Gasteiger partial charge in [-0.15, -0.1) is 0 Å². The standard InChI is InChI=1S/C17H23N3O2S/c1-11(2)8-9-18-17-20-16(22)14(23-17)10-15(21)19-13-6-4-12(3)5-7-13/h4-7,11,14H,8-10H2,1-3H3,(H,19,21)(H,18,20,22)/t14-/m0/s1. The molecule has 5 nitrogen and oxygen atoms in total. The van der Waals surface area contributed by atoms with Crippen molar-refractivity contribution in [3.05, 3.63) is 29.8 Å². The monoisotopic (exact) mass is 333 g/mol. The van der Waals surface area contributed by atoms with Crippen LogP contribution in [0, 0.1) is 12.8 Å². The molecule has 124 valence electrons. The van der Waals surface area contributed by atoms with Crippen LogP contribution < -0.4 is 10.6 Å². The normalized spacial score (nSPS) is 19.2. The molecule has 1 aromatic carbocycles. The van der Waals surface area contributed by atoms with Crippen molar-refractivity contribution in [2.45, 2.75) is 38.9 Å². The fourth-order valence-electron chi connectivity index (χ4n) is 2.06. The van der Waals surface area contributed by atoms with E-state index in [-0.39, 0.29) is 18.2 Å². The van der Waals surface area contributed by atoms with E-state index in [2.05, 4.69) is 29.5 Å². The SMILES string of the molecule is Cc1ccc(NC(=O)C[C@@H]2SC(=NCCC(C)C)NC2=O)cc1. The number of hydrogen-bond acceptors (Lipinski definition) is 4. The number of carbonyl (C=O) groups excluding carboxylic acids is 2. The predicted octanol–water partition coefficient (Wildman–Crippen LogP) is 2.96. The molecule has 2 rings (SSSR count). The summed E-state index contributed by atoms with van der Waals surface area (Å²) in [6.07, 6.45) is 1.13. The minimum absolute atomic E-state index is 0.141. The molecule has 2 amide bonds. The van der Waals surface area contributed by atoms with E-state index in [1.165, 1.54) is 11.8 Å². The van der Waals surface area contributed by atoms with Crippen LogP contribution in [0.15, 0.2) is 29.3 Å². The second-order valence-corrected chi connectivity index (χ2v) is 7.27. The molecule has 1 fully saturated rings. The van der Waals surface area contributed by atoms with Crippen LogP contribution in [-0.2, 0) is 9.59 Å². The number of amidine groups is 1. The van der Waals surface area contributed by atoms with Gasteiger partial charge in [-0.1, -0.05) is 43.3 Å². The van der Waals surface area contributed by atoms with Gasteiger partial charge in [0.2, 0.25) is 11.8 Å². The Kier molecular flexibility index (Phi) is 6.21. The van der Waals surface area contributed by atoms with Crippen LogP contribution in [0.25, 0.3) is 0 Å². The largest absolute Gasteiger partial charge is 0.326 e. The van der Waals surface area contributed by atoms with E-state index in [4.69, 9.17) is 0 Å². The first-order valence-electron chi connectivity index (χ1n) is 7.82. The third-order valence-corrected chi connectivity index (χ3v) is 4.56. The molecule has 0 unspecified atom stereocenters. The zero-order valence-electron chi connectivity index (χ0n) is 13.8. The fourth-order valence-corrected chi connectivity index (χ4v) is 3.05. The van der Waals surface area contributed by atoms with Crippen LogP contribution in [0.1, 0.15) is 32.3 Å². The zero-order valence-corrected chi connectivity index (χ0v) is 14.6. The third-order valence-electron chi connectivity index (χ3n) is 3.44. The Bertz CT molecular complexity index is 596. The van der Waals surface area contributed by atoms with E-state index in [0.29, 0.717) is 17.6 Å². The molecular weight excluding hydrogens is 310 g/mol. The highest BCUT2D eigenvalue weighted by molar-refractivity contribution is 8.15. The van der Waals surface area contributed by atoms with E-state index in [1.54, 1.807) is 0 Å². The summed E-state index contributed by atoms with van der Waals surface area (Å²) in [5, 5.41) is 5.79. The quantitative estimate of drug-likeness (QED) is 0.841. The molecule has 1 atom stereocenters. The number of aliphatic imine (C=N–C) groups is 1. The molecule has 1 aromatic rings. The number of anilines is 1. The number of benzene rings is 1. The Labute approximate surface area is 141 Å². The summed E-state index contributed by atoms with van der Waals surface area (Å²) in [6, 6.07) is 7.58. The second kappa shape index (κ2) is 8.15. The number of thioether (sulfide) groups is 1. The summed E-state index contributed by atoms with van der Waals surface area (Å²) in [4.78, 5) is 28.4. The van der Waals surface area contributed by atoms with E-state index in [9.17, 15) is 9.59 Å². The van der Waals surface area contributed by atoms with E-state index >= 15 is 0 Å². The smallest absolute Gasteiger partial charge is 0.240 e. The number of nitrogens with one attached hydrogen (secondary N) is 2. The molecule has 0 spiro atoms. The number of amides is 2. The summed E-state index contributed by atoms with van der Waals surface area (Å²) < 4.78 is 0. The van der Waals surface area contributed by atoms with Crippen LogP contribution in [0.2, 0.25) is 0 Å². The van der Waals surface area contributed by atoms with Gasteiger partial charge in [0.1, 0.15) is 5.25 Å². The molecule has 23 heavy (non-hydrogen) atoms. The summed E-state index contributed by atoms with van der Waals surface area (Å²) in [5.41, 5.74) is 1.88. The van der Waals surface area contributed by atoms with E-state index < -0.39 is 5.25 Å². The van der Waals surface area contributed by atoms with Crippen LogP contribution >= 0.6 is 11.8 Å².